The molecule has 1 aromatic rings. The van der Waals surface area contributed by atoms with Gasteiger partial charge in [0.1, 0.15) is 17.3 Å². The van der Waals surface area contributed by atoms with Gasteiger partial charge < -0.3 is 14.7 Å². The van der Waals surface area contributed by atoms with Crippen molar-refractivity contribution in [3.8, 4) is 0 Å². The molecule has 0 aliphatic heterocycles. The fourth-order valence-corrected chi connectivity index (χ4v) is 2.48. The van der Waals surface area contributed by atoms with E-state index in [1.54, 1.807) is 7.11 Å². The van der Waals surface area contributed by atoms with Gasteiger partial charge in [-0.05, 0) is 25.7 Å². The summed E-state index contributed by atoms with van der Waals surface area (Å²) in [5.74, 6) is 1.41. The minimum Gasteiger partial charge on any atom is -0.391 e. The van der Waals surface area contributed by atoms with Crippen molar-refractivity contribution in [3.63, 3.8) is 0 Å². The molecule has 0 saturated heterocycles. The molecule has 0 aromatic carbocycles. The number of anilines is 1. The lowest BCUT2D eigenvalue weighted by molar-refractivity contribution is 0.202. The first-order valence-corrected chi connectivity index (χ1v) is 6.92. The highest BCUT2D eigenvalue weighted by Crippen LogP contribution is 2.37. The molecule has 0 spiro atoms. The molecule has 1 aromatic heterocycles. The average Bonchev–Trinajstić information content (AvgIpc) is 3.23. The van der Waals surface area contributed by atoms with Crippen LogP contribution >= 0.6 is 11.6 Å². The number of aromatic nitrogens is 2. The van der Waals surface area contributed by atoms with Crippen LogP contribution in [0.3, 0.4) is 0 Å². The number of halogens is 1. The first-order chi connectivity index (χ1) is 9.19. The average molecular weight is 286 g/mol. The molecule has 0 bridgehead atoms. The van der Waals surface area contributed by atoms with E-state index < -0.39 is 0 Å². The smallest absolute Gasteiger partial charge is 0.140 e. The Balaban J connectivity index is 2.28. The molecule has 1 saturated carbocycles. The molecular weight excluding hydrogens is 266 g/mol. The van der Waals surface area contributed by atoms with Crippen molar-refractivity contribution in [1.82, 2.24) is 9.97 Å². The lowest BCUT2D eigenvalue weighted by atomic mass is 10.1. The molecule has 19 heavy (non-hydrogen) atoms. The third kappa shape index (κ3) is 3.35. The molecule has 0 radical (unpaired) electrons. The Morgan fingerprint density at radius 1 is 1.53 bits per heavy atom. The third-order valence-corrected chi connectivity index (χ3v) is 3.96. The minimum absolute atomic E-state index is 0.157. The monoisotopic (exact) mass is 285 g/mol. The second-order valence-electron chi connectivity index (χ2n) is 4.89. The second-order valence-corrected chi connectivity index (χ2v) is 5.25. The van der Waals surface area contributed by atoms with Gasteiger partial charge in [0.25, 0.3) is 0 Å². The highest BCUT2D eigenvalue weighted by atomic mass is 35.5. The van der Waals surface area contributed by atoms with E-state index in [-0.39, 0.29) is 6.61 Å². The SMILES string of the molecule is COCCN(c1ncnc(Cl)c1CO)C(C)C1CC1. The van der Waals surface area contributed by atoms with Gasteiger partial charge in [-0.25, -0.2) is 9.97 Å². The molecule has 1 aliphatic carbocycles. The normalized spacial score (nSPS) is 16.4. The van der Waals surface area contributed by atoms with Crippen LogP contribution in [0.4, 0.5) is 5.82 Å². The molecule has 1 atom stereocenters. The van der Waals surface area contributed by atoms with Gasteiger partial charge in [0.15, 0.2) is 0 Å². The van der Waals surface area contributed by atoms with Gasteiger partial charge in [-0.3, -0.25) is 0 Å². The molecule has 1 unspecified atom stereocenters. The predicted octanol–water partition coefficient (Wildman–Crippen LogP) is 1.87. The van der Waals surface area contributed by atoms with Crippen molar-refractivity contribution < 1.29 is 9.84 Å². The first kappa shape index (κ1) is 14.5. The summed E-state index contributed by atoms with van der Waals surface area (Å²) in [5.41, 5.74) is 0.591. The number of aliphatic hydroxyl groups excluding tert-OH is 1. The Labute approximate surface area is 118 Å². The quantitative estimate of drug-likeness (QED) is 0.775. The lowest BCUT2D eigenvalue weighted by Crippen LogP contribution is -2.38. The number of rotatable bonds is 7. The Kier molecular flexibility index (Phi) is 4.96. The van der Waals surface area contributed by atoms with Crippen LogP contribution in [0, 0.1) is 5.92 Å². The summed E-state index contributed by atoms with van der Waals surface area (Å²) in [6, 6.07) is 0.367. The lowest BCUT2D eigenvalue weighted by Gasteiger charge is -2.31. The van der Waals surface area contributed by atoms with Crippen molar-refractivity contribution >= 4 is 17.4 Å². The van der Waals surface area contributed by atoms with E-state index >= 15 is 0 Å². The Morgan fingerprint density at radius 3 is 2.84 bits per heavy atom. The zero-order valence-corrected chi connectivity index (χ0v) is 12.1. The third-order valence-electron chi connectivity index (χ3n) is 3.63. The molecular formula is C13H20ClN3O2. The van der Waals surface area contributed by atoms with Crippen LogP contribution in [0.5, 0.6) is 0 Å². The Morgan fingerprint density at radius 2 is 2.26 bits per heavy atom. The summed E-state index contributed by atoms with van der Waals surface area (Å²) in [7, 11) is 1.68. The molecule has 106 valence electrons. The van der Waals surface area contributed by atoms with Gasteiger partial charge in [-0.2, -0.15) is 0 Å². The predicted molar refractivity (Wildman–Crippen MR) is 74.4 cm³/mol. The summed E-state index contributed by atoms with van der Waals surface area (Å²) >= 11 is 6.04. The fraction of sp³-hybridized carbons (Fsp3) is 0.692. The van der Waals surface area contributed by atoms with Crippen LogP contribution in [0.15, 0.2) is 6.33 Å². The minimum atomic E-state index is -0.157. The van der Waals surface area contributed by atoms with Crippen molar-refractivity contribution in [1.29, 1.82) is 0 Å². The highest BCUT2D eigenvalue weighted by molar-refractivity contribution is 6.30. The van der Waals surface area contributed by atoms with Crippen LogP contribution in [0.1, 0.15) is 25.3 Å². The molecule has 6 heteroatoms. The Bertz CT molecular complexity index is 426. The molecule has 1 fully saturated rings. The molecule has 5 nitrogen and oxygen atoms in total. The summed E-state index contributed by atoms with van der Waals surface area (Å²) in [4.78, 5) is 10.4. The Hall–Kier alpha value is -0.910. The number of ether oxygens (including phenoxy) is 1. The topological polar surface area (TPSA) is 58.5 Å². The van der Waals surface area contributed by atoms with E-state index in [1.165, 1.54) is 19.2 Å². The second kappa shape index (κ2) is 6.50. The van der Waals surface area contributed by atoms with Gasteiger partial charge in [-0.1, -0.05) is 11.6 Å². The van der Waals surface area contributed by atoms with Crippen LogP contribution in [-0.4, -0.2) is 41.4 Å². The van der Waals surface area contributed by atoms with E-state index in [0.29, 0.717) is 29.3 Å². The maximum atomic E-state index is 9.49. The van der Waals surface area contributed by atoms with Crippen molar-refractivity contribution in [2.75, 3.05) is 25.2 Å². The highest BCUT2D eigenvalue weighted by Gasteiger charge is 2.33. The number of hydrogen-bond acceptors (Lipinski definition) is 5. The van der Waals surface area contributed by atoms with E-state index in [0.717, 1.165) is 12.4 Å². The van der Waals surface area contributed by atoms with E-state index in [2.05, 4.69) is 21.8 Å². The van der Waals surface area contributed by atoms with Crippen LogP contribution in [0.2, 0.25) is 5.15 Å². The fourth-order valence-electron chi connectivity index (χ4n) is 2.29. The molecule has 0 amide bonds. The van der Waals surface area contributed by atoms with Crippen molar-refractivity contribution in [2.45, 2.75) is 32.4 Å². The largest absolute Gasteiger partial charge is 0.391 e. The summed E-state index contributed by atoms with van der Waals surface area (Å²) in [6.07, 6.45) is 3.94. The van der Waals surface area contributed by atoms with Crippen molar-refractivity contribution in [2.24, 2.45) is 5.92 Å². The maximum Gasteiger partial charge on any atom is 0.140 e. The van der Waals surface area contributed by atoms with Gasteiger partial charge in [0.2, 0.25) is 0 Å². The number of hydrogen-bond donors (Lipinski definition) is 1. The van der Waals surface area contributed by atoms with Gasteiger partial charge >= 0.3 is 0 Å². The zero-order chi connectivity index (χ0) is 13.8. The molecule has 1 heterocycles. The van der Waals surface area contributed by atoms with Crippen LogP contribution in [-0.2, 0) is 11.3 Å². The van der Waals surface area contributed by atoms with Crippen molar-refractivity contribution in [3.05, 3.63) is 17.0 Å². The van der Waals surface area contributed by atoms with E-state index in [9.17, 15) is 5.11 Å². The number of nitrogens with zero attached hydrogens (tertiary/aromatic N) is 3. The van der Waals surface area contributed by atoms with Gasteiger partial charge in [0, 0.05) is 19.7 Å². The van der Waals surface area contributed by atoms with Crippen LogP contribution in [0.25, 0.3) is 0 Å². The van der Waals surface area contributed by atoms with E-state index in [1.807, 2.05) is 0 Å². The summed E-state index contributed by atoms with van der Waals surface area (Å²) in [6.45, 7) is 3.37. The number of aliphatic hydroxyl groups is 1. The zero-order valence-electron chi connectivity index (χ0n) is 11.3. The molecule has 1 aliphatic rings. The number of methoxy groups -OCH3 is 1. The van der Waals surface area contributed by atoms with Crippen LogP contribution < -0.4 is 4.90 Å². The van der Waals surface area contributed by atoms with Gasteiger partial charge in [0.05, 0.1) is 18.8 Å². The summed E-state index contributed by atoms with van der Waals surface area (Å²) < 4.78 is 5.17. The molecule has 2 rings (SSSR count). The summed E-state index contributed by atoms with van der Waals surface area (Å²) in [5, 5.41) is 9.80. The molecule has 1 N–H and O–H groups in total. The first-order valence-electron chi connectivity index (χ1n) is 6.54. The van der Waals surface area contributed by atoms with E-state index in [4.69, 9.17) is 16.3 Å². The maximum absolute atomic E-state index is 9.49. The van der Waals surface area contributed by atoms with Gasteiger partial charge in [-0.15, -0.1) is 0 Å². The standard InChI is InChI=1S/C13H20ClN3O2/c1-9(10-3-4-10)17(5-6-19-2)13-11(7-18)12(14)15-8-16-13/h8-10,18H,3-7H2,1-2H3.